The van der Waals surface area contributed by atoms with Gasteiger partial charge in [-0.25, -0.2) is 23.3 Å². The molecule has 0 bridgehead atoms. The van der Waals surface area contributed by atoms with Crippen molar-refractivity contribution in [2.24, 2.45) is 0 Å². The smallest absolute Gasteiger partial charge is 0.351 e. The van der Waals surface area contributed by atoms with Crippen LogP contribution in [0.4, 0.5) is 4.39 Å². The number of rotatable bonds is 5. The van der Waals surface area contributed by atoms with Crippen molar-refractivity contribution in [3.05, 3.63) is 82.8 Å². The first kappa shape index (κ1) is 17.3. The second-order valence-corrected chi connectivity index (χ2v) is 6.87. The van der Waals surface area contributed by atoms with Crippen molar-refractivity contribution in [3.8, 4) is 5.75 Å². The number of fused-ring (bicyclic) bond motifs is 1. The largest absolute Gasteiger partial charge is 0.494 e. The van der Waals surface area contributed by atoms with Crippen LogP contribution in [0.3, 0.4) is 0 Å². The quantitative estimate of drug-likeness (QED) is 0.496. The Hall–Kier alpha value is -3.13. The monoisotopic (exact) mass is 382 g/mol. The minimum Gasteiger partial charge on any atom is -0.494 e. The molecule has 0 atom stereocenters. The van der Waals surface area contributed by atoms with Crippen LogP contribution in [-0.4, -0.2) is 26.3 Å². The summed E-state index contributed by atoms with van der Waals surface area (Å²) >= 11 is 1.49. The zero-order chi connectivity index (χ0) is 18.8. The molecule has 4 rings (SSSR count). The molecule has 4 aromatic rings. The standard InChI is InChI=1S/C19H15FN4O2S/c1-26-16-8-7-13(9-15(16)20)11-24-19(25)23-12-21-18(10-17(23)22-24)27-14-5-3-2-4-6-14/h2-10,12H,11H2,1H3. The van der Waals surface area contributed by atoms with E-state index in [9.17, 15) is 9.18 Å². The maximum Gasteiger partial charge on any atom is 0.351 e. The summed E-state index contributed by atoms with van der Waals surface area (Å²) in [5.41, 5.74) is 0.776. The van der Waals surface area contributed by atoms with Gasteiger partial charge in [-0.15, -0.1) is 5.10 Å². The van der Waals surface area contributed by atoms with Gasteiger partial charge in [0.25, 0.3) is 0 Å². The average Bonchev–Trinajstić information content (AvgIpc) is 2.98. The maximum atomic E-state index is 13.9. The molecule has 0 aliphatic rings. The van der Waals surface area contributed by atoms with Gasteiger partial charge in [-0.2, -0.15) is 0 Å². The summed E-state index contributed by atoms with van der Waals surface area (Å²) < 4.78 is 21.4. The molecule has 6 nitrogen and oxygen atoms in total. The second-order valence-electron chi connectivity index (χ2n) is 5.78. The van der Waals surface area contributed by atoms with Crippen molar-refractivity contribution < 1.29 is 9.13 Å². The van der Waals surface area contributed by atoms with Gasteiger partial charge in [0.15, 0.2) is 17.2 Å². The van der Waals surface area contributed by atoms with E-state index in [-0.39, 0.29) is 18.0 Å². The summed E-state index contributed by atoms with van der Waals surface area (Å²) in [6, 6.07) is 16.1. The predicted octanol–water partition coefficient (Wildman–Crippen LogP) is 3.24. The van der Waals surface area contributed by atoms with Crippen LogP contribution in [0.2, 0.25) is 0 Å². The fraction of sp³-hybridized carbons (Fsp3) is 0.105. The van der Waals surface area contributed by atoms with Gasteiger partial charge in [-0.3, -0.25) is 0 Å². The molecule has 27 heavy (non-hydrogen) atoms. The molecule has 0 aliphatic heterocycles. The molecule has 0 saturated carbocycles. The first-order chi connectivity index (χ1) is 13.1. The zero-order valence-electron chi connectivity index (χ0n) is 14.4. The summed E-state index contributed by atoms with van der Waals surface area (Å²) in [6.07, 6.45) is 1.46. The van der Waals surface area contributed by atoms with Crippen molar-refractivity contribution in [2.45, 2.75) is 16.5 Å². The molecule has 2 aromatic heterocycles. The Kier molecular flexibility index (Phi) is 4.64. The fourth-order valence-electron chi connectivity index (χ4n) is 2.66. The summed E-state index contributed by atoms with van der Waals surface area (Å²) in [6.45, 7) is 0.155. The molecule has 0 radical (unpaired) electrons. The number of hydrogen-bond acceptors (Lipinski definition) is 5. The van der Waals surface area contributed by atoms with E-state index in [0.717, 1.165) is 9.92 Å². The van der Waals surface area contributed by atoms with E-state index in [2.05, 4.69) is 10.1 Å². The molecule has 0 fully saturated rings. The maximum absolute atomic E-state index is 13.9. The van der Waals surface area contributed by atoms with Crippen LogP contribution in [0.1, 0.15) is 5.56 Å². The fourth-order valence-corrected chi connectivity index (χ4v) is 3.45. The summed E-state index contributed by atoms with van der Waals surface area (Å²) in [7, 11) is 1.41. The molecular weight excluding hydrogens is 367 g/mol. The van der Waals surface area contributed by atoms with Crippen LogP contribution in [0.5, 0.6) is 5.75 Å². The summed E-state index contributed by atoms with van der Waals surface area (Å²) in [4.78, 5) is 17.9. The zero-order valence-corrected chi connectivity index (χ0v) is 15.2. The van der Waals surface area contributed by atoms with Crippen molar-refractivity contribution in [1.29, 1.82) is 0 Å². The van der Waals surface area contributed by atoms with Gasteiger partial charge in [0.1, 0.15) is 11.4 Å². The minimum absolute atomic E-state index is 0.155. The number of nitrogens with zero attached hydrogens (tertiary/aromatic N) is 4. The van der Waals surface area contributed by atoms with Crippen LogP contribution >= 0.6 is 11.8 Å². The molecule has 8 heteroatoms. The van der Waals surface area contributed by atoms with Gasteiger partial charge >= 0.3 is 5.69 Å². The van der Waals surface area contributed by atoms with Crippen LogP contribution < -0.4 is 10.4 Å². The Labute approximate surface area is 158 Å². The van der Waals surface area contributed by atoms with Crippen molar-refractivity contribution >= 4 is 17.4 Å². The number of hydrogen-bond donors (Lipinski definition) is 0. The van der Waals surface area contributed by atoms with Crippen molar-refractivity contribution in [2.75, 3.05) is 7.11 Å². The van der Waals surface area contributed by atoms with Crippen LogP contribution in [-0.2, 0) is 6.54 Å². The third-order valence-electron chi connectivity index (χ3n) is 3.96. The van der Waals surface area contributed by atoms with Crippen molar-refractivity contribution in [3.63, 3.8) is 0 Å². The van der Waals surface area contributed by atoms with Crippen LogP contribution in [0.25, 0.3) is 5.65 Å². The van der Waals surface area contributed by atoms with E-state index in [0.29, 0.717) is 11.2 Å². The highest BCUT2D eigenvalue weighted by Crippen LogP contribution is 2.25. The lowest BCUT2D eigenvalue weighted by Gasteiger charge is -2.04. The third-order valence-corrected chi connectivity index (χ3v) is 4.90. The number of halogens is 1. The Morgan fingerprint density at radius 2 is 1.96 bits per heavy atom. The Bertz CT molecular complexity index is 1160. The highest BCUT2D eigenvalue weighted by Gasteiger charge is 2.11. The van der Waals surface area contributed by atoms with E-state index in [1.54, 1.807) is 12.1 Å². The van der Waals surface area contributed by atoms with Gasteiger partial charge in [0.05, 0.1) is 13.7 Å². The van der Waals surface area contributed by atoms with E-state index in [1.165, 1.54) is 46.4 Å². The van der Waals surface area contributed by atoms with Crippen LogP contribution in [0.15, 0.2) is 75.6 Å². The molecule has 0 unspecified atom stereocenters. The first-order valence-corrected chi connectivity index (χ1v) is 8.96. The molecule has 0 aliphatic carbocycles. The lowest BCUT2D eigenvalue weighted by molar-refractivity contribution is 0.386. The SMILES string of the molecule is COc1ccc(Cn2nc3cc(Sc4ccccc4)ncn3c2=O)cc1F. The lowest BCUT2D eigenvalue weighted by Crippen LogP contribution is -2.21. The summed E-state index contributed by atoms with van der Waals surface area (Å²) in [5, 5.41) is 5.08. The molecular formula is C19H15FN4O2S. The molecule has 2 heterocycles. The van der Waals surface area contributed by atoms with E-state index >= 15 is 0 Å². The molecule has 0 saturated heterocycles. The van der Waals surface area contributed by atoms with Gasteiger partial charge in [-0.1, -0.05) is 36.0 Å². The first-order valence-electron chi connectivity index (χ1n) is 8.14. The lowest BCUT2D eigenvalue weighted by atomic mass is 10.2. The van der Waals surface area contributed by atoms with E-state index in [1.807, 2.05) is 30.3 Å². The Morgan fingerprint density at radius 3 is 2.70 bits per heavy atom. The normalized spacial score (nSPS) is 11.0. The second kappa shape index (κ2) is 7.24. The molecule has 0 N–H and O–H groups in total. The van der Waals surface area contributed by atoms with E-state index < -0.39 is 5.82 Å². The Balaban J connectivity index is 1.63. The number of ether oxygens (including phenoxy) is 1. The van der Waals surface area contributed by atoms with E-state index in [4.69, 9.17) is 4.74 Å². The molecule has 0 amide bonds. The number of methoxy groups -OCH3 is 1. The van der Waals surface area contributed by atoms with Crippen molar-refractivity contribution in [1.82, 2.24) is 19.2 Å². The molecule has 2 aromatic carbocycles. The third kappa shape index (κ3) is 3.56. The Morgan fingerprint density at radius 1 is 1.15 bits per heavy atom. The topological polar surface area (TPSA) is 61.4 Å². The van der Waals surface area contributed by atoms with Gasteiger partial charge in [-0.05, 0) is 29.8 Å². The number of aromatic nitrogens is 4. The number of benzene rings is 2. The summed E-state index contributed by atoms with van der Waals surface area (Å²) in [5.74, 6) is -0.317. The van der Waals surface area contributed by atoms with Gasteiger partial charge in [0.2, 0.25) is 0 Å². The average molecular weight is 382 g/mol. The highest BCUT2D eigenvalue weighted by molar-refractivity contribution is 7.99. The highest BCUT2D eigenvalue weighted by atomic mass is 32.2. The van der Waals surface area contributed by atoms with Gasteiger partial charge < -0.3 is 4.74 Å². The molecule has 136 valence electrons. The van der Waals surface area contributed by atoms with Crippen LogP contribution in [0, 0.1) is 5.82 Å². The minimum atomic E-state index is -0.477. The van der Waals surface area contributed by atoms with Gasteiger partial charge in [0, 0.05) is 11.0 Å². The molecule has 0 spiro atoms. The predicted molar refractivity (Wildman–Crippen MR) is 99.9 cm³/mol.